The maximum Gasteiger partial charge on any atom is 0.762 e. The third kappa shape index (κ3) is 6.26. The predicted molar refractivity (Wildman–Crippen MR) is 116 cm³/mol. The van der Waals surface area contributed by atoms with Crippen LogP contribution in [0, 0.1) is 0 Å². The second-order valence-corrected chi connectivity index (χ2v) is 8.18. The number of hydrogen-bond donors (Lipinski definition) is 0. The molecule has 0 bridgehead atoms. The molecular weight excluding hydrogens is 408 g/mol. The minimum atomic E-state index is -3.67. The van der Waals surface area contributed by atoms with E-state index in [0.29, 0.717) is 0 Å². The summed E-state index contributed by atoms with van der Waals surface area (Å²) in [6.07, 6.45) is 2.16. The van der Waals surface area contributed by atoms with Crippen LogP contribution in [0.3, 0.4) is 0 Å². The molecule has 0 radical (unpaired) electrons. The van der Waals surface area contributed by atoms with E-state index in [0.717, 1.165) is 0 Å². The highest BCUT2D eigenvalue weighted by Gasteiger charge is 2.26. The van der Waals surface area contributed by atoms with Gasteiger partial charge in [0.05, 0.1) is 7.92 Å². The first-order chi connectivity index (χ1) is 14.2. The van der Waals surface area contributed by atoms with Gasteiger partial charge in [0.15, 0.2) is 6.20 Å². The Morgan fingerprint density at radius 1 is 0.567 bits per heavy atom. The second kappa shape index (κ2) is 11.9. The number of nitrogens with zero attached hydrogens (tertiary/aromatic N) is 1. The fraction of sp³-hybridized carbons (Fsp3) is 0. The Kier molecular flexibility index (Phi) is 9.24. The van der Waals surface area contributed by atoms with Crippen LogP contribution in [-0.2, 0) is 0 Å². The highest BCUT2D eigenvalue weighted by Crippen LogP contribution is 2.31. The molecule has 1 heterocycles. The Labute approximate surface area is 175 Å². The van der Waals surface area contributed by atoms with Crippen LogP contribution in [0.4, 0.5) is 12.9 Å². The summed E-state index contributed by atoms with van der Waals surface area (Å²) in [5.41, 5.74) is 2.51. The highest BCUT2D eigenvalue weighted by atomic mass is 31.1. The normalized spacial score (nSPS) is 9.87. The van der Waals surface area contributed by atoms with Gasteiger partial charge >= 0.3 is 7.54 Å². The molecule has 0 aliphatic heterocycles. The summed E-state index contributed by atoms with van der Waals surface area (Å²) in [7, 11) is -4.29. The third-order valence-electron chi connectivity index (χ3n) is 4.13. The van der Waals surface area contributed by atoms with Gasteiger partial charge in [0.25, 0.3) is 0 Å². The molecule has 1 aromatic heterocycles. The Bertz CT molecular complexity index is 963. The summed E-state index contributed by atoms with van der Waals surface area (Å²) in [5, 5.41) is 2.72. The van der Waals surface area contributed by atoms with Crippen LogP contribution < -0.4 is 25.3 Å². The first kappa shape index (κ1) is 23.3. The number of halogens is 4. The van der Waals surface area contributed by atoms with Gasteiger partial charge < -0.3 is 4.70 Å². The van der Waals surface area contributed by atoms with Crippen LogP contribution in [0.25, 0.3) is 5.69 Å². The van der Waals surface area contributed by atoms with Gasteiger partial charge in [0.2, 0.25) is 11.1 Å². The van der Waals surface area contributed by atoms with Crippen LogP contribution in [0.1, 0.15) is 0 Å². The van der Waals surface area contributed by atoms with Crippen molar-refractivity contribution >= 4 is 31.5 Å². The van der Waals surface area contributed by atoms with Crippen molar-refractivity contribution in [2.75, 3.05) is 0 Å². The topological polar surface area (TPSA) is 3.88 Å². The Balaban J connectivity index is 0.000000591. The Hall–Kier alpha value is -2.98. The van der Waals surface area contributed by atoms with Crippen molar-refractivity contribution in [2.24, 2.45) is 0 Å². The first-order valence-electron chi connectivity index (χ1n) is 9.05. The Morgan fingerprint density at radius 3 is 1.43 bits per heavy atom. The van der Waals surface area contributed by atoms with Crippen molar-refractivity contribution < 1.29 is 22.2 Å². The molecule has 0 unspecified atom stereocenters. The minimum absolute atomic E-state index is 0. The van der Waals surface area contributed by atoms with Crippen molar-refractivity contribution in [3.8, 4) is 5.69 Å². The molecule has 0 amide bonds. The van der Waals surface area contributed by atoms with Crippen molar-refractivity contribution in [3.05, 3.63) is 115 Å². The molecule has 4 rings (SSSR count). The van der Waals surface area contributed by atoms with Crippen LogP contribution in [0.5, 0.6) is 0 Å². The summed E-state index contributed by atoms with van der Waals surface area (Å²) in [5.74, 6) is 0. The van der Waals surface area contributed by atoms with Gasteiger partial charge in [-0.05, 0) is 16.7 Å². The zero-order valence-electron chi connectivity index (χ0n) is 16.0. The summed E-state index contributed by atoms with van der Waals surface area (Å²) in [4.78, 5) is 0. The van der Waals surface area contributed by atoms with Crippen LogP contribution >= 0.6 is 7.92 Å². The summed E-state index contributed by atoms with van der Waals surface area (Å²) in [6, 6.07) is 38.7. The van der Waals surface area contributed by atoms with Gasteiger partial charge in [0, 0.05) is 24.3 Å². The monoisotopic (exact) mass is 427 g/mol. The number of aromatic nitrogens is 1. The van der Waals surface area contributed by atoms with Gasteiger partial charge in [-0.1, -0.05) is 78.9 Å². The largest absolute Gasteiger partial charge is 1.00 e. The molecule has 0 N–H and O–H groups in total. The minimum Gasteiger partial charge on any atom is -1.00 e. The fourth-order valence-corrected chi connectivity index (χ4v) is 5.39. The quantitative estimate of drug-likeness (QED) is 0.202. The van der Waals surface area contributed by atoms with E-state index in [-0.39, 0.29) is 4.70 Å². The van der Waals surface area contributed by atoms with Crippen molar-refractivity contribution in [1.82, 2.24) is 0 Å². The number of para-hydroxylation sites is 1. The van der Waals surface area contributed by atoms with Gasteiger partial charge in [-0.15, -0.1) is 0 Å². The summed E-state index contributed by atoms with van der Waals surface area (Å²) < 4.78 is 31.3. The smallest absolute Gasteiger partial charge is 0.762 e. The van der Waals surface area contributed by atoms with E-state index < -0.39 is 15.5 Å². The van der Waals surface area contributed by atoms with Crippen LogP contribution in [0.2, 0.25) is 0 Å². The van der Waals surface area contributed by atoms with Crippen LogP contribution in [-0.4, -0.2) is 7.54 Å². The average molecular weight is 427 g/mol. The highest BCUT2D eigenvalue weighted by molar-refractivity contribution is 7.79. The maximum atomic E-state index is 9.67. The lowest BCUT2D eigenvalue weighted by Gasteiger charge is -2.17. The molecule has 1 nitrogen and oxygen atoms in total. The molecular formula is C23H19BF4NP. The van der Waals surface area contributed by atoms with E-state index in [1.54, 1.807) is 0 Å². The van der Waals surface area contributed by atoms with E-state index in [2.05, 4.69) is 120 Å². The molecule has 7 heteroatoms. The Morgan fingerprint density at radius 2 is 0.967 bits per heavy atom. The first-order valence-corrected chi connectivity index (χ1v) is 10.4. The van der Waals surface area contributed by atoms with E-state index in [1.807, 2.05) is 0 Å². The number of pyridine rings is 1. The molecule has 0 aliphatic rings. The zero-order chi connectivity index (χ0) is 20.5. The predicted octanol–water partition coefficient (Wildman–Crippen LogP) is 1.61. The standard InChI is InChI=1S/C23H19NP.BF3.FH/c1-4-12-20(13-5-1)24-19-11-10-18-23(24)25(21-14-6-2-7-15-21)22-16-8-3-9-17-22;2-1(3)4;/h1-19H;;1H/q+1;;/p-1. The maximum absolute atomic E-state index is 9.67. The van der Waals surface area contributed by atoms with Gasteiger partial charge in [-0.25, -0.2) is 0 Å². The third-order valence-corrected chi connectivity index (χ3v) is 6.58. The van der Waals surface area contributed by atoms with E-state index >= 15 is 0 Å². The summed E-state index contributed by atoms with van der Waals surface area (Å²) in [6.45, 7) is 0. The van der Waals surface area contributed by atoms with E-state index in [9.17, 15) is 12.9 Å². The molecule has 30 heavy (non-hydrogen) atoms. The lowest BCUT2D eigenvalue weighted by Crippen LogP contribution is -3.00. The SMILES string of the molecule is FB(F)F.[F-].c1ccc(-[n+]2ccccc2P(c2ccccc2)c2ccccc2)cc1. The molecule has 0 spiro atoms. The van der Waals surface area contributed by atoms with Gasteiger partial charge in [-0.2, -0.15) is 4.57 Å². The van der Waals surface area contributed by atoms with Crippen molar-refractivity contribution in [3.63, 3.8) is 0 Å². The second-order valence-electron chi connectivity index (χ2n) is 6.02. The van der Waals surface area contributed by atoms with E-state index in [4.69, 9.17) is 0 Å². The molecule has 0 atom stereocenters. The number of rotatable bonds is 4. The van der Waals surface area contributed by atoms with Crippen LogP contribution in [0.15, 0.2) is 115 Å². The fourth-order valence-electron chi connectivity index (χ4n) is 2.99. The molecule has 3 aromatic carbocycles. The molecule has 0 aliphatic carbocycles. The van der Waals surface area contributed by atoms with Gasteiger partial charge in [0.1, 0.15) is 0 Å². The van der Waals surface area contributed by atoms with Gasteiger partial charge in [-0.3, -0.25) is 12.9 Å². The lowest BCUT2D eigenvalue weighted by atomic mass is 10.3. The zero-order valence-corrected chi connectivity index (χ0v) is 16.8. The molecule has 0 saturated heterocycles. The lowest BCUT2D eigenvalue weighted by molar-refractivity contribution is -0.576. The molecule has 0 saturated carbocycles. The molecule has 0 fully saturated rings. The molecule has 4 aromatic rings. The molecule has 152 valence electrons. The van der Waals surface area contributed by atoms with Crippen molar-refractivity contribution in [1.29, 1.82) is 0 Å². The summed E-state index contributed by atoms with van der Waals surface area (Å²) >= 11 is 0. The number of benzene rings is 3. The van der Waals surface area contributed by atoms with Crippen molar-refractivity contribution in [2.45, 2.75) is 0 Å². The van der Waals surface area contributed by atoms with E-state index in [1.165, 1.54) is 21.7 Å². The number of hydrogen-bond acceptors (Lipinski definition) is 0. The average Bonchev–Trinajstić information content (AvgIpc) is 2.76.